The van der Waals surface area contributed by atoms with Gasteiger partial charge in [-0.2, -0.15) is 4.99 Å². The number of anilines is 1. The molecule has 2 heterocycles. The maximum Gasteiger partial charge on any atom is 0.280 e. The number of nitrogens with one attached hydrogen (secondary N) is 1. The minimum Gasteiger partial charge on any atom is -0.396 e. The summed E-state index contributed by atoms with van der Waals surface area (Å²) >= 11 is 0. The second-order valence-corrected chi connectivity index (χ2v) is 7.23. The van der Waals surface area contributed by atoms with E-state index >= 15 is 0 Å². The third-order valence-corrected chi connectivity index (χ3v) is 5.15. The van der Waals surface area contributed by atoms with Gasteiger partial charge in [0, 0.05) is 30.9 Å². The van der Waals surface area contributed by atoms with Crippen molar-refractivity contribution < 1.29 is 23.8 Å². The van der Waals surface area contributed by atoms with Gasteiger partial charge in [0.05, 0.1) is 17.6 Å². The Hall–Kier alpha value is -3.30. The summed E-state index contributed by atoms with van der Waals surface area (Å²) in [4.78, 5) is 33.9. The van der Waals surface area contributed by atoms with Gasteiger partial charge in [0.1, 0.15) is 13.3 Å². The van der Waals surface area contributed by atoms with Crippen molar-refractivity contribution >= 4 is 28.5 Å². The molecule has 0 atom stereocenters. The number of aromatic amines is 1. The largest absolute Gasteiger partial charge is 0.396 e. The zero-order valence-corrected chi connectivity index (χ0v) is 16.9. The number of rotatable bonds is 6. The molecular formula is C22H23FN4O4. The fraction of sp³-hybridized carbons (Fsp3) is 0.318. The summed E-state index contributed by atoms with van der Waals surface area (Å²) in [6.07, 6.45) is 0.482. The van der Waals surface area contributed by atoms with E-state index in [1.807, 2.05) is 22.8 Å². The summed E-state index contributed by atoms with van der Waals surface area (Å²) in [5, 5.41) is 9.28. The van der Waals surface area contributed by atoms with Crippen LogP contribution in [0.5, 0.6) is 0 Å². The van der Waals surface area contributed by atoms with Gasteiger partial charge in [0.2, 0.25) is 5.62 Å². The Labute approximate surface area is 177 Å². The number of nitrogens with zero attached hydrogens (tertiary/aromatic N) is 3. The highest BCUT2D eigenvalue weighted by Crippen LogP contribution is 2.22. The van der Waals surface area contributed by atoms with E-state index in [0.717, 1.165) is 11.2 Å². The molecule has 2 amide bonds. The highest BCUT2D eigenvalue weighted by Gasteiger charge is 2.21. The maximum absolute atomic E-state index is 12.9. The van der Waals surface area contributed by atoms with Crippen molar-refractivity contribution in [2.75, 3.05) is 31.3 Å². The van der Waals surface area contributed by atoms with Gasteiger partial charge in [0.15, 0.2) is 0 Å². The number of carbonyl (C=O) groups is 2. The first-order valence-corrected chi connectivity index (χ1v) is 10.1. The number of imidazole rings is 1. The lowest BCUT2D eigenvalue weighted by atomic mass is 10.1. The van der Waals surface area contributed by atoms with Crippen molar-refractivity contribution in [2.24, 2.45) is 4.99 Å². The molecule has 2 aromatic carbocycles. The Kier molecular flexibility index (Phi) is 6.24. The minimum absolute atomic E-state index is 0.00797. The number of benzene rings is 2. The third-order valence-electron chi connectivity index (χ3n) is 5.15. The van der Waals surface area contributed by atoms with Crippen molar-refractivity contribution in [2.45, 2.75) is 19.6 Å². The number of hydrogen-bond acceptors (Lipinski definition) is 4. The normalized spacial score (nSPS) is 15.1. The first-order valence-electron chi connectivity index (χ1n) is 10.1. The van der Waals surface area contributed by atoms with Gasteiger partial charge in [0.25, 0.3) is 11.8 Å². The predicted molar refractivity (Wildman–Crippen MR) is 112 cm³/mol. The molecule has 0 radical (unpaired) electrons. The molecule has 0 saturated carbocycles. The van der Waals surface area contributed by atoms with Crippen LogP contribution in [0.4, 0.5) is 10.1 Å². The topological polar surface area (TPSA) is 99.9 Å². The summed E-state index contributed by atoms with van der Waals surface area (Å²) < 4.78 is 19.9. The van der Waals surface area contributed by atoms with E-state index in [0.29, 0.717) is 48.4 Å². The second-order valence-electron chi connectivity index (χ2n) is 7.23. The standard InChI is InChI=1S/C22H23FN4O4/c23-13-15-3-1-4-16(11-15)21(30)25-22-24-18-12-17(26-8-10-31-14-20(26)29)5-6-19(18)27(22)7-2-9-28/h1,3-6,11-12,28H,2,7-10,13-14H2,(H,24,25,30). The molecule has 8 nitrogen and oxygen atoms in total. The molecule has 2 N–H and O–H groups in total. The van der Waals surface area contributed by atoms with Crippen LogP contribution >= 0.6 is 0 Å². The monoisotopic (exact) mass is 426 g/mol. The van der Waals surface area contributed by atoms with Gasteiger partial charge in [-0.1, -0.05) is 12.1 Å². The summed E-state index contributed by atoms with van der Waals surface area (Å²) in [6.45, 7) is 0.766. The van der Waals surface area contributed by atoms with Crippen LogP contribution in [0.3, 0.4) is 0 Å². The zero-order valence-electron chi connectivity index (χ0n) is 16.9. The van der Waals surface area contributed by atoms with E-state index in [-0.39, 0.29) is 19.1 Å². The number of fused-ring (bicyclic) bond motifs is 1. The highest BCUT2D eigenvalue weighted by molar-refractivity contribution is 5.97. The van der Waals surface area contributed by atoms with Gasteiger partial charge in [-0.05, 0) is 42.3 Å². The van der Waals surface area contributed by atoms with Gasteiger partial charge in [-0.3, -0.25) is 9.59 Å². The number of ether oxygens (including phenoxy) is 1. The molecule has 1 fully saturated rings. The Balaban J connectivity index is 1.76. The number of halogens is 1. The number of amides is 2. The first-order chi connectivity index (χ1) is 15.1. The van der Waals surface area contributed by atoms with Crippen LogP contribution in [-0.2, 0) is 22.8 Å². The van der Waals surface area contributed by atoms with E-state index in [1.54, 1.807) is 23.1 Å². The lowest BCUT2D eigenvalue weighted by molar-refractivity contribution is -0.125. The number of aliphatic hydroxyl groups excluding tert-OH is 1. The summed E-state index contributed by atoms with van der Waals surface area (Å²) in [5.74, 6) is -0.610. The van der Waals surface area contributed by atoms with Crippen LogP contribution in [0.25, 0.3) is 11.0 Å². The van der Waals surface area contributed by atoms with Crippen molar-refractivity contribution in [1.82, 2.24) is 9.55 Å². The zero-order chi connectivity index (χ0) is 21.8. The number of alkyl halides is 1. The second kappa shape index (κ2) is 9.23. The van der Waals surface area contributed by atoms with Crippen LogP contribution in [0.15, 0.2) is 47.5 Å². The Bertz CT molecular complexity index is 1180. The van der Waals surface area contributed by atoms with E-state index in [2.05, 4.69) is 9.98 Å². The van der Waals surface area contributed by atoms with Crippen LogP contribution in [0.1, 0.15) is 22.3 Å². The van der Waals surface area contributed by atoms with E-state index in [1.165, 1.54) is 6.07 Å². The quantitative estimate of drug-likeness (QED) is 0.629. The molecule has 0 spiro atoms. The maximum atomic E-state index is 12.9. The average molecular weight is 426 g/mol. The molecule has 3 aromatic rings. The molecule has 162 valence electrons. The number of aromatic nitrogens is 2. The molecule has 0 aliphatic carbocycles. The smallest absolute Gasteiger partial charge is 0.280 e. The number of aryl methyl sites for hydroxylation is 1. The fourth-order valence-electron chi connectivity index (χ4n) is 3.61. The van der Waals surface area contributed by atoms with Gasteiger partial charge in [-0.25, -0.2) is 4.39 Å². The van der Waals surface area contributed by atoms with Crippen LogP contribution in [-0.4, -0.2) is 52.8 Å². The number of H-pyrrole nitrogens is 1. The Morgan fingerprint density at radius 1 is 1.26 bits per heavy atom. The Morgan fingerprint density at radius 3 is 2.90 bits per heavy atom. The average Bonchev–Trinajstić information content (AvgIpc) is 3.13. The third kappa shape index (κ3) is 4.42. The van der Waals surface area contributed by atoms with Crippen molar-refractivity contribution in [3.63, 3.8) is 0 Å². The molecule has 1 aliphatic rings. The van der Waals surface area contributed by atoms with Gasteiger partial charge < -0.3 is 24.3 Å². The molecule has 0 bridgehead atoms. The van der Waals surface area contributed by atoms with E-state index in [4.69, 9.17) is 4.74 Å². The number of hydrogen-bond donors (Lipinski definition) is 2. The molecule has 1 saturated heterocycles. The molecular weight excluding hydrogens is 403 g/mol. The summed E-state index contributed by atoms with van der Waals surface area (Å²) in [6, 6.07) is 11.8. The van der Waals surface area contributed by atoms with E-state index in [9.17, 15) is 19.1 Å². The highest BCUT2D eigenvalue weighted by atomic mass is 19.1. The molecule has 0 unspecified atom stereocenters. The van der Waals surface area contributed by atoms with Crippen LogP contribution in [0, 0.1) is 0 Å². The number of carbonyl (C=O) groups excluding carboxylic acids is 2. The summed E-state index contributed by atoms with van der Waals surface area (Å²) in [7, 11) is 0. The van der Waals surface area contributed by atoms with Crippen molar-refractivity contribution in [1.29, 1.82) is 0 Å². The van der Waals surface area contributed by atoms with Gasteiger partial charge in [-0.15, -0.1) is 0 Å². The lowest BCUT2D eigenvalue weighted by Crippen LogP contribution is -2.41. The minimum atomic E-state index is -0.660. The molecule has 1 aliphatic heterocycles. The van der Waals surface area contributed by atoms with Crippen molar-refractivity contribution in [3.05, 3.63) is 59.2 Å². The number of aliphatic hydroxyl groups is 1. The molecule has 4 rings (SSSR count). The summed E-state index contributed by atoms with van der Waals surface area (Å²) in [5.41, 5.74) is 3.25. The predicted octanol–water partition coefficient (Wildman–Crippen LogP) is 1.93. The SMILES string of the molecule is O=C(/N=c1\[nH]c2cc(N3CCOCC3=O)ccc2n1CCCO)c1cccc(CF)c1. The van der Waals surface area contributed by atoms with Gasteiger partial charge >= 0.3 is 0 Å². The van der Waals surface area contributed by atoms with Crippen molar-refractivity contribution in [3.8, 4) is 0 Å². The van der Waals surface area contributed by atoms with Crippen LogP contribution in [0.2, 0.25) is 0 Å². The molecule has 1 aromatic heterocycles. The lowest BCUT2D eigenvalue weighted by Gasteiger charge is -2.26. The first kappa shape index (κ1) is 21.0. The molecule has 9 heteroatoms. The number of morpholine rings is 1. The van der Waals surface area contributed by atoms with E-state index < -0.39 is 12.6 Å². The fourth-order valence-corrected chi connectivity index (χ4v) is 3.61. The Morgan fingerprint density at radius 2 is 2.13 bits per heavy atom. The van der Waals surface area contributed by atoms with Crippen LogP contribution < -0.4 is 10.5 Å². The molecule has 31 heavy (non-hydrogen) atoms.